The lowest BCUT2D eigenvalue weighted by Gasteiger charge is -2.14. The third-order valence-electron chi connectivity index (χ3n) is 9.66. The summed E-state index contributed by atoms with van der Waals surface area (Å²) in [7, 11) is 0. The summed E-state index contributed by atoms with van der Waals surface area (Å²) in [6.07, 6.45) is 50.9. The third-order valence-corrected chi connectivity index (χ3v) is 9.66. The minimum Gasteiger partial charge on any atom is -0.481 e. The Kier molecular flexibility index (Phi) is 38.5. The zero-order chi connectivity index (χ0) is 35.0. The van der Waals surface area contributed by atoms with Crippen molar-refractivity contribution < 1.29 is 19.4 Å². The quantitative estimate of drug-likeness (QED) is 0.0400. The van der Waals surface area contributed by atoms with Crippen molar-refractivity contribution in [2.45, 2.75) is 245 Å². The van der Waals surface area contributed by atoms with Crippen molar-refractivity contribution in [3.63, 3.8) is 0 Å². The van der Waals surface area contributed by atoms with E-state index in [9.17, 15) is 9.59 Å². The van der Waals surface area contributed by atoms with E-state index in [4.69, 9.17) is 9.84 Å². The van der Waals surface area contributed by atoms with Crippen molar-refractivity contribution >= 4 is 11.9 Å². The largest absolute Gasteiger partial charge is 0.481 e. The molecule has 48 heavy (non-hydrogen) atoms. The molecule has 4 nitrogen and oxygen atoms in total. The second-order valence-corrected chi connectivity index (χ2v) is 14.5. The lowest BCUT2D eigenvalue weighted by Crippen LogP contribution is -2.16. The van der Waals surface area contributed by atoms with Gasteiger partial charge in [0.15, 0.2) is 0 Å². The monoisotopic (exact) mass is 675 g/mol. The van der Waals surface area contributed by atoms with Crippen LogP contribution in [0, 0.1) is 0 Å². The fourth-order valence-corrected chi connectivity index (χ4v) is 6.49. The lowest BCUT2D eigenvalue weighted by molar-refractivity contribution is -0.147. The first-order valence-electron chi connectivity index (χ1n) is 21.3. The van der Waals surface area contributed by atoms with Crippen molar-refractivity contribution in [3.05, 3.63) is 24.3 Å². The Balaban J connectivity index is 3.82. The van der Waals surface area contributed by atoms with Gasteiger partial charge in [0.05, 0.1) is 0 Å². The van der Waals surface area contributed by atoms with Crippen LogP contribution in [-0.4, -0.2) is 23.1 Å². The fourth-order valence-electron chi connectivity index (χ4n) is 6.49. The van der Waals surface area contributed by atoms with Crippen LogP contribution < -0.4 is 0 Å². The van der Waals surface area contributed by atoms with Gasteiger partial charge in [-0.15, -0.1) is 0 Å². The molecule has 0 rings (SSSR count). The molecular weight excluding hydrogens is 592 g/mol. The van der Waals surface area contributed by atoms with Gasteiger partial charge in [-0.05, 0) is 51.0 Å². The Labute approximate surface area is 299 Å². The van der Waals surface area contributed by atoms with E-state index in [1.807, 2.05) is 0 Å². The second-order valence-electron chi connectivity index (χ2n) is 14.5. The summed E-state index contributed by atoms with van der Waals surface area (Å²) >= 11 is 0. The summed E-state index contributed by atoms with van der Waals surface area (Å²) in [5.41, 5.74) is 0. The number of carbonyl (C=O) groups is 2. The molecule has 0 aliphatic rings. The fraction of sp³-hybridized carbons (Fsp3) is 0.864. The summed E-state index contributed by atoms with van der Waals surface area (Å²) in [6, 6.07) is 0. The number of esters is 1. The van der Waals surface area contributed by atoms with E-state index in [0.29, 0.717) is 6.42 Å². The van der Waals surface area contributed by atoms with Gasteiger partial charge in [-0.25, -0.2) is 0 Å². The Hall–Kier alpha value is -1.58. The summed E-state index contributed by atoms with van der Waals surface area (Å²) in [6.45, 7) is 4.53. The molecular formula is C44H82O4. The zero-order valence-electron chi connectivity index (χ0n) is 32.3. The normalized spacial score (nSPS) is 12.4. The number of aliphatic carboxylic acids is 1. The van der Waals surface area contributed by atoms with Crippen LogP contribution in [0.5, 0.6) is 0 Å². The maximum Gasteiger partial charge on any atom is 0.306 e. The highest BCUT2D eigenvalue weighted by Gasteiger charge is 2.11. The van der Waals surface area contributed by atoms with Crippen molar-refractivity contribution in [1.29, 1.82) is 0 Å². The SMILES string of the molecule is CCCCCC/C=C\C/C=C\C(CCCCCCC(=O)O)OC(=O)CCCCCCCCCCCCCCCCCCCCCCCC. The topological polar surface area (TPSA) is 63.6 Å². The van der Waals surface area contributed by atoms with Crippen LogP contribution in [0.4, 0.5) is 0 Å². The molecule has 282 valence electrons. The third kappa shape index (κ3) is 38.9. The molecule has 0 aliphatic carbocycles. The maximum absolute atomic E-state index is 12.6. The molecule has 0 amide bonds. The van der Waals surface area contributed by atoms with Gasteiger partial charge in [0.25, 0.3) is 0 Å². The molecule has 4 heteroatoms. The Morgan fingerprint density at radius 3 is 1.33 bits per heavy atom. The van der Waals surface area contributed by atoms with Crippen molar-refractivity contribution in [1.82, 2.24) is 0 Å². The van der Waals surface area contributed by atoms with Gasteiger partial charge in [-0.3, -0.25) is 9.59 Å². The van der Waals surface area contributed by atoms with Crippen LogP contribution in [0.2, 0.25) is 0 Å². The summed E-state index contributed by atoms with van der Waals surface area (Å²) in [4.78, 5) is 23.3. The number of hydrogen-bond acceptors (Lipinski definition) is 3. The molecule has 0 fully saturated rings. The van der Waals surface area contributed by atoms with Crippen molar-refractivity contribution in [2.75, 3.05) is 0 Å². The van der Waals surface area contributed by atoms with Gasteiger partial charge in [-0.2, -0.15) is 0 Å². The van der Waals surface area contributed by atoms with Gasteiger partial charge in [0.1, 0.15) is 6.10 Å². The summed E-state index contributed by atoms with van der Waals surface area (Å²) in [5.74, 6) is -0.797. The number of carbonyl (C=O) groups excluding carboxylic acids is 1. The minimum atomic E-state index is -0.724. The molecule has 0 aliphatic heterocycles. The molecule has 0 radical (unpaired) electrons. The molecule has 0 bridgehead atoms. The van der Waals surface area contributed by atoms with Crippen LogP contribution in [0.25, 0.3) is 0 Å². The lowest BCUT2D eigenvalue weighted by atomic mass is 10.0. The van der Waals surface area contributed by atoms with E-state index in [0.717, 1.165) is 57.8 Å². The van der Waals surface area contributed by atoms with E-state index in [-0.39, 0.29) is 18.5 Å². The van der Waals surface area contributed by atoms with Crippen LogP contribution in [0.15, 0.2) is 24.3 Å². The number of carboxylic acids is 1. The van der Waals surface area contributed by atoms with Gasteiger partial charge in [0.2, 0.25) is 0 Å². The van der Waals surface area contributed by atoms with E-state index < -0.39 is 5.97 Å². The minimum absolute atomic E-state index is 0.0739. The second kappa shape index (κ2) is 39.9. The van der Waals surface area contributed by atoms with Gasteiger partial charge < -0.3 is 9.84 Å². The van der Waals surface area contributed by atoms with E-state index in [2.05, 4.69) is 38.2 Å². The molecule has 1 atom stereocenters. The van der Waals surface area contributed by atoms with Crippen molar-refractivity contribution in [2.24, 2.45) is 0 Å². The number of ether oxygens (including phenoxy) is 1. The Morgan fingerprint density at radius 1 is 0.479 bits per heavy atom. The van der Waals surface area contributed by atoms with E-state index >= 15 is 0 Å². The standard InChI is InChI=1S/C44H82O4/c1-3-5-7-9-11-13-14-15-16-17-18-19-20-21-22-23-24-25-27-29-31-37-41-44(47)48-42(39-35-32-33-36-40-43(45)46)38-34-30-28-26-12-10-8-6-4-2/h26,28,34,38,42H,3-25,27,29-33,35-37,39-41H2,1-2H3,(H,45,46)/b28-26-,38-34-. The molecule has 0 spiro atoms. The Bertz CT molecular complexity index is 727. The summed E-state index contributed by atoms with van der Waals surface area (Å²) in [5, 5.41) is 8.83. The van der Waals surface area contributed by atoms with Crippen LogP contribution in [-0.2, 0) is 14.3 Å². The molecule has 0 aromatic carbocycles. The molecule has 1 N–H and O–H groups in total. The highest BCUT2D eigenvalue weighted by atomic mass is 16.5. The molecule has 0 heterocycles. The Morgan fingerprint density at radius 2 is 0.875 bits per heavy atom. The average Bonchev–Trinajstić information content (AvgIpc) is 3.07. The number of rotatable bonds is 39. The average molecular weight is 675 g/mol. The number of carboxylic acid groups (broad SMARTS) is 1. The number of hydrogen-bond donors (Lipinski definition) is 1. The summed E-state index contributed by atoms with van der Waals surface area (Å²) < 4.78 is 5.87. The first-order valence-corrected chi connectivity index (χ1v) is 21.3. The van der Waals surface area contributed by atoms with Crippen LogP contribution in [0.1, 0.15) is 239 Å². The van der Waals surface area contributed by atoms with Crippen molar-refractivity contribution in [3.8, 4) is 0 Å². The first-order chi connectivity index (χ1) is 23.6. The van der Waals surface area contributed by atoms with Gasteiger partial charge in [0, 0.05) is 12.8 Å². The highest BCUT2D eigenvalue weighted by Crippen LogP contribution is 2.17. The number of allylic oxidation sites excluding steroid dienone is 3. The zero-order valence-corrected chi connectivity index (χ0v) is 32.3. The maximum atomic E-state index is 12.6. The number of unbranched alkanes of at least 4 members (excludes halogenated alkanes) is 28. The molecule has 1 unspecified atom stereocenters. The molecule has 0 saturated carbocycles. The van der Waals surface area contributed by atoms with Gasteiger partial charge in [-0.1, -0.05) is 199 Å². The molecule has 0 aromatic rings. The van der Waals surface area contributed by atoms with Gasteiger partial charge >= 0.3 is 11.9 Å². The smallest absolute Gasteiger partial charge is 0.306 e. The molecule has 0 aromatic heterocycles. The predicted molar refractivity (Wildman–Crippen MR) is 209 cm³/mol. The van der Waals surface area contributed by atoms with E-state index in [1.54, 1.807) is 0 Å². The van der Waals surface area contributed by atoms with Crippen LogP contribution >= 0.6 is 0 Å². The first kappa shape index (κ1) is 46.4. The van der Waals surface area contributed by atoms with Crippen LogP contribution in [0.3, 0.4) is 0 Å². The predicted octanol–water partition coefficient (Wildman–Crippen LogP) is 14.8. The highest BCUT2D eigenvalue weighted by molar-refractivity contribution is 5.69. The molecule has 0 saturated heterocycles. The van der Waals surface area contributed by atoms with E-state index in [1.165, 1.54) is 154 Å².